The van der Waals surface area contributed by atoms with Crippen LogP contribution < -0.4 is 5.73 Å². The summed E-state index contributed by atoms with van der Waals surface area (Å²) in [6.07, 6.45) is 0. The van der Waals surface area contributed by atoms with E-state index in [1.807, 2.05) is 36.4 Å². The largest absolute Gasteiger partial charge is 0.369 e. The Bertz CT molecular complexity index is 889. The van der Waals surface area contributed by atoms with Gasteiger partial charge in [-0.2, -0.15) is 0 Å². The smallest absolute Gasteiger partial charge is 0.230 e. The lowest BCUT2D eigenvalue weighted by molar-refractivity contribution is -0.115. The minimum Gasteiger partial charge on any atom is -0.369 e. The second kappa shape index (κ2) is 6.75. The van der Waals surface area contributed by atoms with Crippen molar-refractivity contribution in [2.24, 2.45) is 5.73 Å². The molecule has 0 unspecified atom stereocenters. The van der Waals surface area contributed by atoms with E-state index in [9.17, 15) is 9.00 Å². The van der Waals surface area contributed by atoms with E-state index in [-0.39, 0.29) is 5.75 Å². The van der Waals surface area contributed by atoms with E-state index in [1.54, 1.807) is 0 Å². The van der Waals surface area contributed by atoms with Crippen LogP contribution in [0.5, 0.6) is 0 Å². The normalized spacial score (nSPS) is 12.2. The summed E-state index contributed by atoms with van der Waals surface area (Å²) in [5.41, 5.74) is 8.22. The molecule has 3 rings (SSSR count). The Morgan fingerprint density at radius 3 is 2.39 bits per heavy atom. The van der Waals surface area contributed by atoms with Gasteiger partial charge in [0.1, 0.15) is 5.75 Å². The molecule has 0 aliphatic carbocycles. The van der Waals surface area contributed by atoms with E-state index >= 15 is 0 Å². The van der Waals surface area contributed by atoms with Crippen LogP contribution in [-0.4, -0.2) is 15.9 Å². The first-order valence-electron chi connectivity index (χ1n) is 7.33. The van der Waals surface area contributed by atoms with Crippen molar-refractivity contribution < 1.29 is 9.00 Å². The topological polar surface area (TPSA) is 60.2 Å². The van der Waals surface area contributed by atoms with Crippen LogP contribution in [0.2, 0.25) is 0 Å². The van der Waals surface area contributed by atoms with Gasteiger partial charge < -0.3 is 5.73 Å². The van der Waals surface area contributed by atoms with Crippen LogP contribution in [0, 0.1) is 0 Å². The van der Waals surface area contributed by atoms with Crippen molar-refractivity contribution in [1.82, 2.24) is 0 Å². The van der Waals surface area contributed by atoms with Gasteiger partial charge >= 0.3 is 0 Å². The van der Waals surface area contributed by atoms with Gasteiger partial charge in [0, 0.05) is 16.6 Å². The lowest BCUT2D eigenvalue weighted by Crippen LogP contribution is -2.20. The summed E-state index contributed by atoms with van der Waals surface area (Å²) in [5, 5.41) is 2.39. The molecular weight excluding hydrogens is 306 g/mol. The third-order valence-corrected chi connectivity index (χ3v) is 4.90. The number of carbonyl (C=O) groups is 1. The Balaban J connectivity index is 1.88. The maximum Gasteiger partial charge on any atom is 0.230 e. The first-order chi connectivity index (χ1) is 11.1. The number of amides is 1. The molecule has 0 saturated carbocycles. The Kier molecular flexibility index (Phi) is 4.53. The molecule has 3 aromatic rings. The molecule has 4 heteroatoms. The fraction of sp³-hybridized carbons (Fsp3) is 0.105. The molecule has 0 bridgehead atoms. The van der Waals surface area contributed by atoms with Gasteiger partial charge in [-0.25, -0.2) is 0 Å². The average Bonchev–Trinajstić information content (AvgIpc) is 2.54. The molecule has 2 N–H and O–H groups in total. The highest BCUT2D eigenvalue weighted by Gasteiger charge is 2.07. The third-order valence-electron chi connectivity index (χ3n) is 3.64. The summed E-state index contributed by atoms with van der Waals surface area (Å²) in [7, 11) is -1.26. The zero-order valence-corrected chi connectivity index (χ0v) is 13.4. The molecule has 3 nitrogen and oxygen atoms in total. The van der Waals surface area contributed by atoms with Crippen molar-refractivity contribution in [1.29, 1.82) is 0 Å². The molecule has 0 spiro atoms. The van der Waals surface area contributed by atoms with Crippen LogP contribution in [0.15, 0.2) is 66.7 Å². The zero-order valence-electron chi connectivity index (χ0n) is 12.6. The van der Waals surface area contributed by atoms with Gasteiger partial charge in [-0.3, -0.25) is 9.00 Å². The molecule has 0 heterocycles. The number of rotatable bonds is 5. The van der Waals surface area contributed by atoms with Crippen LogP contribution >= 0.6 is 0 Å². The van der Waals surface area contributed by atoms with Crippen LogP contribution in [-0.2, 0) is 21.3 Å². The summed E-state index contributed by atoms with van der Waals surface area (Å²) in [5.74, 6) is -0.293. The van der Waals surface area contributed by atoms with Gasteiger partial charge in [0.25, 0.3) is 0 Å². The predicted octanol–water partition coefficient (Wildman–Crippen LogP) is 3.24. The monoisotopic (exact) mass is 323 g/mol. The lowest BCUT2D eigenvalue weighted by Gasteiger charge is -2.07. The third kappa shape index (κ3) is 3.85. The van der Waals surface area contributed by atoms with Gasteiger partial charge in [-0.1, -0.05) is 60.7 Å². The van der Waals surface area contributed by atoms with Gasteiger partial charge in [0.2, 0.25) is 5.91 Å². The van der Waals surface area contributed by atoms with Crippen molar-refractivity contribution in [3.05, 3.63) is 72.3 Å². The number of primary amides is 1. The maximum absolute atomic E-state index is 11.9. The number of nitrogens with two attached hydrogens (primary N) is 1. The van der Waals surface area contributed by atoms with Crippen molar-refractivity contribution in [2.75, 3.05) is 5.75 Å². The Labute approximate surface area is 137 Å². The highest BCUT2D eigenvalue weighted by molar-refractivity contribution is 7.84. The number of carbonyl (C=O) groups excluding carboxylic acids is 1. The first kappa shape index (κ1) is 15.4. The molecule has 0 radical (unpaired) electrons. The van der Waals surface area contributed by atoms with Crippen LogP contribution in [0.25, 0.3) is 21.9 Å². The summed E-state index contributed by atoms with van der Waals surface area (Å²) in [6, 6.07) is 22.5. The molecule has 0 aromatic heterocycles. The minimum absolute atomic E-state index is 0.0970. The molecule has 116 valence electrons. The molecule has 1 atom stereocenters. The summed E-state index contributed by atoms with van der Waals surface area (Å²) in [6.45, 7) is 0. The van der Waals surface area contributed by atoms with Gasteiger partial charge in [-0.15, -0.1) is 0 Å². The molecule has 0 saturated heterocycles. The fourth-order valence-electron chi connectivity index (χ4n) is 2.61. The van der Waals surface area contributed by atoms with Crippen molar-refractivity contribution in [3.8, 4) is 11.1 Å². The Morgan fingerprint density at radius 2 is 1.61 bits per heavy atom. The number of fused-ring (bicyclic) bond motifs is 1. The molecule has 0 aliphatic rings. The molecular formula is C19H17NO2S. The van der Waals surface area contributed by atoms with Crippen LogP contribution in [0.1, 0.15) is 5.56 Å². The highest BCUT2D eigenvalue weighted by atomic mass is 32.2. The molecule has 0 aliphatic heterocycles. The van der Waals surface area contributed by atoms with Crippen molar-refractivity contribution in [3.63, 3.8) is 0 Å². The van der Waals surface area contributed by atoms with Crippen LogP contribution in [0.4, 0.5) is 0 Å². The van der Waals surface area contributed by atoms with E-state index in [0.29, 0.717) is 5.75 Å². The highest BCUT2D eigenvalue weighted by Crippen LogP contribution is 2.25. The molecule has 3 aromatic carbocycles. The van der Waals surface area contributed by atoms with Crippen LogP contribution in [0.3, 0.4) is 0 Å². The van der Waals surface area contributed by atoms with Gasteiger partial charge in [0.15, 0.2) is 0 Å². The second-order valence-electron chi connectivity index (χ2n) is 5.46. The van der Waals surface area contributed by atoms with Gasteiger partial charge in [-0.05, 0) is 33.5 Å². The molecule has 1 amide bonds. The fourth-order valence-corrected chi connectivity index (χ4v) is 3.58. The number of benzene rings is 3. The SMILES string of the molecule is NC(=O)C[S@@](=O)Cc1cccc(-c2ccc3ccccc3c2)c1. The Hall–Kier alpha value is -2.46. The maximum atomic E-state index is 11.9. The number of hydrogen-bond acceptors (Lipinski definition) is 2. The summed E-state index contributed by atoms with van der Waals surface area (Å²) < 4.78 is 11.9. The standard InChI is InChI=1S/C19H17NO2S/c20-19(21)13-23(22)12-14-4-3-7-16(10-14)18-9-8-15-5-1-2-6-17(15)11-18/h1-11H,12-13H2,(H2,20,21)/t23-/m0/s1. The van der Waals surface area contributed by atoms with E-state index in [2.05, 4.69) is 30.3 Å². The van der Waals surface area contributed by atoms with Crippen molar-refractivity contribution >= 4 is 27.5 Å². The van der Waals surface area contributed by atoms with Crippen molar-refractivity contribution in [2.45, 2.75) is 5.75 Å². The quantitative estimate of drug-likeness (QED) is 0.783. The van der Waals surface area contributed by atoms with E-state index in [4.69, 9.17) is 5.73 Å². The lowest BCUT2D eigenvalue weighted by atomic mass is 10.00. The average molecular weight is 323 g/mol. The van der Waals surface area contributed by atoms with E-state index in [1.165, 1.54) is 10.8 Å². The second-order valence-corrected chi connectivity index (χ2v) is 6.91. The Morgan fingerprint density at radius 1 is 0.870 bits per heavy atom. The predicted molar refractivity (Wildman–Crippen MR) is 95.3 cm³/mol. The van der Waals surface area contributed by atoms with E-state index in [0.717, 1.165) is 16.7 Å². The zero-order chi connectivity index (χ0) is 16.2. The van der Waals surface area contributed by atoms with E-state index < -0.39 is 16.7 Å². The first-order valence-corrected chi connectivity index (χ1v) is 8.82. The summed E-state index contributed by atoms with van der Waals surface area (Å²) >= 11 is 0. The number of hydrogen-bond donors (Lipinski definition) is 1. The molecule has 0 fully saturated rings. The molecule has 23 heavy (non-hydrogen) atoms. The minimum atomic E-state index is -1.26. The summed E-state index contributed by atoms with van der Waals surface area (Å²) in [4.78, 5) is 10.8. The van der Waals surface area contributed by atoms with Gasteiger partial charge in [0.05, 0.1) is 0 Å².